The highest BCUT2D eigenvalue weighted by atomic mass is 16.6. The number of fused-ring (bicyclic) bond motifs is 2. The molecule has 2 aromatic heterocycles. The quantitative estimate of drug-likeness (QED) is 0.653. The highest BCUT2D eigenvalue weighted by molar-refractivity contribution is 6.07. The molecule has 0 amide bonds. The summed E-state index contributed by atoms with van der Waals surface area (Å²) in [6.45, 7) is 5.33. The van der Waals surface area contributed by atoms with Crippen LogP contribution < -0.4 is 14.8 Å². The van der Waals surface area contributed by atoms with Crippen LogP contribution in [0.15, 0.2) is 30.7 Å². The first kappa shape index (κ1) is 18.1. The van der Waals surface area contributed by atoms with Crippen LogP contribution in [0, 0.1) is 5.92 Å². The molecular weight excluding hydrogens is 360 g/mol. The summed E-state index contributed by atoms with van der Waals surface area (Å²) in [6.07, 6.45) is 3.05. The van der Waals surface area contributed by atoms with Crippen molar-refractivity contribution >= 4 is 22.8 Å². The summed E-state index contributed by atoms with van der Waals surface area (Å²) in [5.74, 6) is 1.86. The van der Waals surface area contributed by atoms with Gasteiger partial charge in [0.2, 0.25) is 0 Å². The molecule has 8 nitrogen and oxygen atoms in total. The van der Waals surface area contributed by atoms with E-state index in [1.165, 1.54) is 13.4 Å². The van der Waals surface area contributed by atoms with Crippen LogP contribution in [0.3, 0.4) is 0 Å². The number of hydrogen-bond acceptors (Lipinski definition) is 7. The fourth-order valence-corrected chi connectivity index (χ4v) is 3.38. The third kappa shape index (κ3) is 3.21. The Morgan fingerprint density at radius 1 is 1.21 bits per heavy atom. The van der Waals surface area contributed by atoms with Crippen molar-refractivity contribution in [1.82, 2.24) is 15.0 Å². The number of hydrogen-bond donors (Lipinski definition) is 2. The zero-order valence-corrected chi connectivity index (χ0v) is 16.0. The Hall–Kier alpha value is -3.29. The minimum absolute atomic E-state index is 0.0608. The van der Waals surface area contributed by atoms with Crippen LogP contribution in [-0.2, 0) is 4.74 Å². The maximum Gasteiger partial charge on any atom is 0.340 e. The highest BCUT2D eigenvalue weighted by Crippen LogP contribution is 2.36. The molecule has 1 aromatic carbocycles. The fourth-order valence-electron chi connectivity index (χ4n) is 3.38. The fraction of sp³-hybridized carbons (Fsp3) is 0.350. The summed E-state index contributed by atoms with van der Waals surface area (Å²) >= 11 is 0. The molecule has 0 radical (unpaired) electrons. The van der Waals surface area contributed by atoms with Crippen molar-refractivity contribution < 1.29 is 19.0 Å². The number of carbonyl (C=O) groups is 1. The van der Waals surface area contributed by atoms with E-state index < -0.39 is 5.97 Å². The zero-order valence-electron chi connectivity index (χ0n) is 16.0. The van der Waals surface area contributed by atoms with E-state index in [1.807, 2.05) is 18.2 Å². The second-order valence-corrected chi connectivity index (χ2v) is 6.91. The van der Waals surface area contributed by atoms with Crippen molar-refractivity contribution in [2.45, 2.75) is 19.9 Å². The summed E-state index contributed by atoms with van der Waals surface area (Å²) in [7, 11) is 1.35. The van der Waals surface area contributed by atoms with Crippen molar-refractivity contribution in [3.05, 3.63) is 41.9 Å². The van der Waals surface area contributed by atoms with E-state index in [0.29, 0.717) is 35.6 Å². The summed E-state index contributed by atoms with van der Waals surface area (Å²) in [6, 6.07) is 5.87. The standard InChI is InChI=1S/C20H22N4O4/c1-11(2)17(12-4-5-14-15(8-12)28-7-6-27-14)24-19-16-13(20(25)26-3)9-21-18(16)22-10-23-19/h4-5,8-11,17H,6-7H2,1-3H3,(H2,21,22,23,24)/t17-/m1/s1. The number of rotatable bonds is 5. The lowest BCUT2D eigenvalue weighted by Gasteiger charge is -2.26. The molecule has 0 saturated heterocycles. The molecule has 0 bridgehead atoms. The van der Waals surface area contributed by atoms with Crippen LogP contribution in [0.25, 0.3) is 11.0 Å². The molecule has 0 aliphatic carbocycles. The van der Waals surface area contributed by atoms with E-state index in [4.69, 9.17) is 14.2 Å². The Morgan fingerprint density at radius 2 is 2.00 bits per heavy atom. The van der Waals surface area contributed by atoms with Gasteiger partial charge in [0.05, 0.1) is 24.1 Å². The first-order valence-corrected chi connectivity index (χ1v) is 9.15. The maximum atomic E-state index is 12.1. The molecule has 4 rings (SSSR count). The van der Waals surface area contributed by atoms with Crippen molar-refractivity contribution in [3.8, 4) is 11.5 Å². The number of anilines is 1. The summed E-state index contributed by atoms with van der Waals surface area (Å²) in [5.41, 5.74) is 2.01. The number of benzene rings is 1. The van der Waals surface area contributed by atoms with Gasteiger partial charge in [0, 0.05) is 6.20 Å². The molecule has 1 atom stereocenters. The number of H-pyrrole nitrogens is 1. The second kappa shape index (κ2) is 7.38. The third-order valence-electron chi connectivity index (χ3n) is 4.76. The van der Waals surface area contributed by atoms with E-state index in [0.717, 1.165) is 17.1 Å². The lowest BCUT2D eigenvalue weighted by molar-refractivity contribution is 0.0603. The van der Waals surface area contributed by atoms with Gasteiger partial charge in [-0.2, -0.15) is 0 Å². The number of nitrogens with one attached hydrogen (secondary N) is 2. The Kier molecular flexibility index (Phi) is 4.77. The Labute approximate surface area is 162 Å². The smallest absolute Gasteiger partial charge is 0.340 e. The third-order valence-corrected chi connectivity index (χ3v) is 4.76. The molecule has 1 aliphatic rings. The maximum absolute atomic E-state index is 12.1. The van der Waals surface area contributed by atoms with Gasteiger partial charge in [0.25, 0.3) is 0 Å². The molecule has 0 saturated carbocycles. The van der Waals surface area contributed by atoms with Gasteiger partial charge in [-0.05, 0) is 23.6 Å². The van der Waals surface area contributed by atoms with E-state index >= 15 is 0 Å². The Bertz CT molecular complexity index is 1010. The average Bonchev–Trinajstić information content (AvgIpc) is 3.16. The normalized spacial score (nSPS) is 14.1. The molecule has 3 aromatic rings. The Balaban J connectivity index is 1.73. The number of aromatic amines is 1. The summed E-state index contributed by atoms with van der Waals surface area (Å²) in [5, 5.41) is 4.08. The molecule has 2 N–H and O–H groups in total. The minimum Gasteiger partial charge on any atom is -0.486 e. The number of nitrogens with zero attached hydrogens (tertiary/aromatic N) is 2. The largest absolute Gasteiger partial charge is 0.486 e. The van der Waals surface area contributed by atoms with Crippen LogP contribution >= 0.6 is 0 Å². The van der Waals surface area contributed by atoms with Crippen molar-refractivity contribution in [2.24, 2.45) is 5.92 Å². The number of aromatic nitrogens is 3. The monoisotopic (exact) mass is 382 g/mol. The van der Waals surface area contributed by atoms with E-state index in [2.05, 4.69) is 34.1 Å². The Morgan fingerprint density at radius 3 is 2.75 bits per heavy atom. The first-order chi connectivity index (χ1) is 13.6. The molecule has 0 unspecified atom stereocenters. The van der Waals surface area contributed by atoms with Gasteiger partial charge in [-0.1, -0.05) is 19.9 Å². The molecular formula is C20H22N4O4. The van der Waals surface area contributed by atoms with Crippen molar-refractivity contribution in [3.63, 3.8) is 0 Å². The van der Waals surface area contributed by atoms with Crippen LogP contribution in [0.4, 0.5) is 5.82 Å². The number of carbonyl (C=O) groups excluding carboxylic acids is 1. The van der Waals surface area contributed by atoms with Crippen molar-refractivity contribution in [2.75, 3.05) is 25.6 Å². The average molecular weight is 382 g/mol. The van der Waals surface area contributed by atoms with E-state index in [1.54, 1.807) is 6.20 Å². The van der Waals surface area contributed by atoms with Gasteiger partial charge in [0.1, 0.15) is 31.0 Å². The van der Waals surface area contributed by atoms with Gasteiger partial charge in [-0.15, -0.1) is 0 Å². The topological polar surface area (TPSA) is 98.4 Å². The first-order valence-electron chi connectivity index (χ1n) is 9.15. The lowest BCUT2D eigenvalue weighted by atomic mass is 9.95. The van der Waals surface area contributed by atoms with Gasteiger partial charge < -0.3 is 24.5 Å². The van der Waals surface area contributed by atoms with Crippen LogP contribution in [0.1, 0.15) is 35.8 Å². The molecule has 28 heavy (non-hydrogen) atoms. The van der Waals surface area contributed by atoms with E-state index in [-0.39, 0.29) is 12.0 Å². The zero-order chi connectivity index (χ0) is 19.7. The molecule has 146 valence electrons. The molecule has 0 fully saturated rings. The number of esters is 1. The highest BCUT2D eigenvalue weighted by Gasteiger charge is 2.23. The van der Waals surface area contributed by atoms with Crippen LogP contribution in [0.2, 0.25) is 0 Å². The predicted molar refractivity (Wildman–Crippen MR) is 104 cm³/mol. The van der Waals surface area contributed by atoms with Gasteiger partial charge in [-0.3, -0.25) is 0 Å². The molecule has 0 spiro atoms. The van der Waals surface area contributed by atoms with Gasteiger partial charge >= 0.3 is 5.97 Å². The van der Waals surface area contributed by atoms with Gasteiger partial charge in [-0.25, -0.2) is 14.8 Å². The summed E-state index contributed by atoms with van der Waals surface area (Å²) in [4.78, 5) is 23.7. The van der Waals surface area contributed by atoms with Crippen LogP contribution in [0.5, 0.6) is 11.5 Å². The summed E-state index contributed by atoms with van der Waals surface area (Å²) < 4.78 is 16.2. The number of ether oxygens (including phenoxy) is 3. The minimum atomic E-state index is -0.440. The molecule has 1 aliphatic heterocycles. The SMILES string of the molecule is COC(=O)c1c[nH]c2ncnc(N[C@@H](c3ccc4c(c3)OCCO4)C(C)C)c12. The van der Waals surface area contributed by atoms with Gasteiger partial charge in [0.15, 0.2) is 11.5 Å². The van der Waals surface area contributed by atoms with Crippen LogP contribution in [-0.4, -0.2) is 41.2 Å². The predicted octanol–water partition coefficient (Wildman–Crippen LogP) is 3.32. The molecule has 3 heterocycles. The van der Waals surface area contributed by atoms with E-state index in [9.17, 15) is 4.79 Å². The van der Waals surface area contributed by atoms with Crippen molar-refractivity contribution in [1.29, 1.82) is 0 Å². The second-order valence-electron chi connectivity index (χ2n) is 6.91. The number of methoxy groups -OCH3 is 1. The lowest BCUT2D eigenvalue weighted by Crippen LogP contribution is -2.20. The molecule has 8 heteroatoms.